The van der Waals surface area contributed by atoms with Gasteiger partial charge < -0.3 is 15.5 Å². The minimum absolute atomic E-state index is 0.279. The van der Waals surface area contributed by atoms with Crippen LogP contribution >= 0.6 is 0 Å². The molecule has 14 heavy (non-hydrogen) atoms. The molecule has 0 radical (unpaired) electrons. The molecule has 4 unspecified atom stereocenters. The van der Waals surface area contributed by atoms with Gasteiger partial charge in [0, 0.05) is 6.04 Å². The third kappa shape index (κ3) is 1.72. The minimum Gasteiger partial charge on any atom is -0.481 e. The summed E-state index contributed by atoms with van der Waals surface area (Å²) in [6, 6.07) is -1.00. The molecule has 0 aromatic rings. The summed E-state index contributed by atoms with van der Waals surface area (Å²) in [6.07, 6.45) is 0.561. The number of nitrogens with one attached hydrogen (secondary N) is 1. The van der Waals surface area contributed by atoms with Crippen molar-refractivity contribution >= 4 is 11.9 Å². The highest BCUT2D eigenvalue weighted by atomic mass is 16.4. The molecule has 1 rings (SSSR count). The molecule has 1 fully saturated rings. The van der Waals surface area contributed by atoms with Gasteiger partial charge in [-0.05, 0) is 12.8 Å². The first kappa shape index (κ1) is 11.0. The van der Waals surface area contributed by atoms with Crippen molar-refractivity contribution in [1.82, 2.24) is 5.32 Å². The van der Waals surface area contributed by atoms with Gasteiger partial charge in [-0.1, -0.05) is 13.3 Å². The number of rotatable bonds is 3. The second-order valence-electron chi connectivity index (χ2n) is 3.71. The Bertz CT molecular complexity index is 253. The van der Waals surface area contributed by atoms with Crippen LogP contribution in [0.4, 0.5) is 0 Å². The van der Waals surface area contributed by atoms with Gasteiger partial charge >= 0.3 is 11.9 Å². The summed E-state index contributed by atoms with van der Waals surface area (Å²) >= 11 is 0. The summed E-state index contributed by atoms with van der Waals surface area (Å²) in [7, 11) is 0. The molecule has 5 heteroatoms. The van der Waals surface area contributed by atoms with E-state index in [1.165, 1.54) is 0 Å². The van der Waals surface area contributed by atoms with Crippen molar-refractivity contribution in [3.8, 4) is 0 Å². The van der Waals surface area contributed by atoms with Crippen LogP contribution in [0.3, 0.4) is 0 Å². The van der Waals surface area contributed by atoms with Gasteiger partial charge in [-0.3, -0.25) is 9.59 Å². The fraction of sp³-hybridized carbons (Fsp3) is 0.778. The molecule has 1 aliphatic heterocycles. The molecule has 0 aromatic carbocycles. The van der Waals surface area contributed by atoms with E-state index in [1.54, 1.807) is 6.92 Å². The van der Waals surface area contributed by atoms with Gasteiger partial charge in [0.15, 0.2) is 0 Å². The molecule has 4 atom stereocenters. The van der Waals surface area contributed by atoms with Crippen LogP contribution in [-0.4, -0.2) is 34.2 Å². The van der Waals surface area contributed by atoms with E-state index in [0.29, 0.717) is 6.42 Å². The third-order valence-corrected chi connectivity index (χ3v) is 2.89. The van der Waals surface area contributed by atoms with Crippen molar-refractivity contribution in [3.63, 3.8) is 0 Å². The van der Waals surface area contributed by atoms with E-state index in [9.17, 15) is 9.59 Å². The number of carboxylic acids is 2. The van der Waals surface area contributed by atoms with E-state index in [-0.39, 0.29) is 12.0 Å². The smallest absolute Gasteiger partial charge is 0.321 e. The predicted molar refractivity (Wildman–Crippen MR) is 48.9 cm³/mol. The average Bonchev–Trinajstić information content (AvgIpc) is 2.41. The molecule has 3 N–H and O–H groups in total. The Morgan fingerprint density at radius 2 is 1.86 bits per heavy atom. The lowest BCUT2D eigenvalue weighted by molar-refractivity contribution is -0.144. The van der Waals surface area contributed by atoms with E-state index in [0.717, 1.165) is 0 Å². The number of carbonyl (C=O) groups is 2. The first-order valence-corrected chi connectivity index (χ1v) is 4.70. The highest BCUT2D eigenvalue weighted by molar-refractivity contribution is 5.79. The van der Waals surface area contributed by atoms with Gasteiger partial charge in [0.25, 0.3) is 0 Å². The van der Waals surface area contributed by atoms with Crippen LogP contribution in [0.1, 0.15) is 20.3 Å². The molecule has 1 aliphatic rings. The molecule has 0 spiro atoms. The summed E-state index contributed by atoms with van der Waals surface area (Å²) in [4.78, 5) is 21.7. The Kier molecular flexibility index (Phi) is 3.10. The highest BCUT2D eigenvalue weighted by Gasteiger charge is 2.46. The predicted octanol–water partition coefficient (Wildman–Crippen LogP) is 0.158. The zero-order valence-corrected chi connectivity index (χ0v) is 8.23. The van der Waals surface area contributed by atoms with Crippen molar-refractivity contribution in [2.45, 2.75) is 32.4 Å². The standard InChI is InChI=1S/C9H15NO4/c1-3-5-6(8(11)12)4(2)10-7(5)9(13)14/h4-7,10H,3H2,1-2H3,(H,11,12)(H,13,14). The fourth-order valence-corrected chi connectivity index (χ4v) is 2.23. The molecule has 1 saturated heterocycles. The number of hydrogen-bond donors (Lipinski definition) is 3. The van der Waals surface area contributed by atoms with E-state index >= 15 is 0 Å². The molecular weight excluding hydrogens is 186 g/mol. The van der Waals surface area contributed by atoms with Crippen LogP contribution in [0, 0.1) is 11.8 Å². The Balaban J connectivity index is 2.88. The second-order valence-corrected chi connectivity index (χ2v) is 3.71. The molecule has 5 nitrogen and oxygen atoms in total. The zero-order valence-electron chi connectivity index (χ0n) is 8.23. The molecule has 0 amide bonds. The lowest BCUT2D eigenvalue weighted by atomic mass is 9.85. The lowest BCUT2D eigenvalue weighted by Crippen LogP contribution is -2.37. The van der Waals surface area contributed by atoms with Crippen LogP contribution in [-0.2, 0) is 9.59 Å². The van der Waals surface area contributed by atoms with E-state index in [2.05, 4.69) is 5.32 Å². The Morgan fingerprint density at radius 1 is 1.29 bits per heavy atom. The Labute approximate surface area is 82.1 Å². The number of carboxylic acid groups (broad SMARTS) is 2. The highest BCUT2D eigenvalue weighted by Crippen LogP contribution is 2.30. The molecule has 80 valence electrons. The summed E-state index contributed by atoms with van der Waals surface area (Å²) in [6.45, 7) is 3.53. The van der Waals surface area contributed by atoms with Gasteiger partial charge in [0.05, 0.1) is 5.92 Å². The Hall–Kier alpha value is -1.10. The van der Waals surface area contributed by atoms with E-state index < -0.39 is 23.9 Å². The van der Waals surface area contributed by atoms with Crippen LogP contribution < -0.4 is 5.32 Å². The second kappa shape index (κ2) is 3.96. The molecule has 0 aliphatic carbocycles. The molecule has 0 saturated carbocycles. The quantitative estimate of drug-likeness (QED) is 0.605. The number of hydrogen-bond acceptors (Lipinski definition) is 3. The SMILES string of the molecule is CCC1C(C(=O)O)NC(C)C1C(=O)O. The molecular formula is C9H15NO4. The van der Waals surface area contributed by atoms with Gasteiger partial charge in [0.1, 0.15) is 6.04 Å². The molecule has 0 bridgehead atoms. The maximum absolute atomic E-state index is 10.9. The van der Waals surface area contributed by atoms with Gasteiger partial charge in [0.2, 0.25) is 0 Å². The third-order valence-electron chi connectivity index (χ3n) is 2.89. The van der Waals surface area contributed by atoms with Crippen molar-refractivity contribution in [2.75, 3.05) is 0 Å². The van der Waals surface area contributed by atoms with Gasteiger partial charge in [-0.15, -0.1) is 0 Å². The number of aliphatic carboxylic acids is 2. The van der Waals surface area contributed by atoms with Crippen LogP contribution in [0.2, 0.25) is 0 Å². The van der Waals surface area contributed by atoms with Crippen molar-refractivity contribution in [2.24, 2.45) is 11.8 Å². The van der Waals surface area contributed by atoms with Crippen molar-refractivity contribution in [1.29, 1.82) is 0 Å². The van der Waals surface area contributed by atoms with Gasteiger partial charge in [-0.25, -0.2) is 0 Å². The fourth-order valence-electron chi connectivity index (χ4n) is 2.23. The summed E-state index contributed by atoms with van der Waals surface area (Å²) < 4.78 is 0. The first-order valence-electron chi connectivity index (χ1n) is 4.70. The van der Waals surface area contributed by atoms with Crippen LogP contribution in [0.15, 0.2) is 0 Å². The van der Waals surface area contributed by atoms with E-state index in [1.807, 2.05) is 6.92 Å². The zero-order chi connectivity index (χ0) is 10.9. The Morgan fingerprint density at radius 3 is 2.21 bits per heavy atom. The summed E-state index contributed by atoms with van der Waals surface area (Å²) in [5.41, 5.74) is 0. The van der Waals surface area contributed by atoms with E-state index in [4.69, 9.17) is 10.2 Å². The van der Waals surface area contributed by atoms with Crippen molar-refractivity contribution in [3.05, 3.63) is 0 Å². The first-order chi connectivity index (χ1) is 6.49. The van der Waals surface area contributed by atoms with Crippen molar-refractivity contribution < 1.29 is 19.8 Å². The maximum atomic E-state index is 10.9. The van der Waals surface area contributed by atoms with Crippen LogP contribution in [0.5, 0.6) is 0 Å². The normalized spacial score (nSPS) is 37.0. The lowest BCUT2D eigenvalue weighted by Gasteiger charge is -2.17. The monoisotopic (exact) mass is 201 g/mol. The topological polar surface area (TPSA) is 86.6 Å². The van der Waals surface area contributed by atoms with Crippen LogP contribution in [0.25, 0.3) is 0 Å². The molecule has 0 aromatic heterocycles. The largest absolute Gasteiger partial charge is 0.481 e. The minimum atomic E-state index is -0.965. The van der Waals surface area contributed by atoms with Gasteiger partial charge in [-0.2, -0.15) is 0 Å². The summed E-state index contributed by atoms with van der Waals surface area (Å²) in [5.74, 6) is -2.80. The summed E-state index contributed by atoms with van der Waals surface area (Å²) in [5, 5.41) is 20.6. The molecule has 1 heterocycles. The average molecular weight is 201 g/mol. The maximum Gasteiger partial charge on any atom is 0.321 e.